The quantitative estimate of drug-likeness (QED) is 0.648. The van der Waals surface area contributed by atoms with Gasteiger partial charge < -0.3 is 15.4 Å². The van der Waals surface area contributed by atoms with Gasteiger partial charge in [-0.3, -0.25) is 19.5 Å². The zero-order chi connectivity index (χ0) is 15.9. The van der Waals surface area contributed by atoms with Crippen LogP contribution in [-0.4, -0.2) is 22.7 Å². The number of hydrogen-bond acceptors (Lipinski definition) is 5. The number of amides is 1. The summed E-state index contributed by atoms with van der Waals surface area (Å²) >= 11 is 0. The summed E-state index contributed by atoms with van der Waals surface area (Å²) in [6.07, 6.45) is 0. The van der Waals surface area contributed by atoms with E-state index in [0.29, 0.717) is 12.2 Å². The fourth-order valence-electron chi connectivity index (χ4n) is 2.30. The molecule has 0 spiro atoms. The van der Waals surface area contributed by atoms with Gasteiger partial charge in [-0.05, 0) is 19.1 Å². The maximum Gasteiger partial charge on any atom is 0.308 e. The Balaban J connectivity index is 2.20. The number of aromatic amines is 1. The van der Waals surface area contributed by atoms with Gasteiger partial charge >= 0.3 is 5.56 Å². The van der Waals surface area contributed by atoms with Gasteiger partial charge in [-0.15, -0.1) is 0 Å². The second-order valence-electron chi connectivity index (χ2n) is 4.68. The third kappa shape index (κ3) is 1.96. The smallest absolute Gasteiger partial charge is 0.308 e. The van der Waals surface area contributed by atoms with Crippen molar-refractivity contribution in [3.63, 3.8) is 0 Å². The summed E-state index contributed by atoms with van der Waals surface area (Å²) in [5.74, 6) is -0.271. The van der Waals surface area contributed by atoms with Crippen molar-refractivity contribution in [2.75, 3.05) is 12.4 Å². The van der Waals surface area contributed by atoms with E-state index in [2.05, 4.69) is 15.7 Å². The zero-order valence-electron chi connectivity index (χ0n) is 12.0. The van der Waals surface area contributed by atoms with Crippen molar-refractivity contribution in [2.45, 2.75) is 13.5 Å². The minimum Gasteiger partial charge on any atom is -0.446 e. The summed E-state index contributed by atoms with van der Waals surface area (Å²) in [5.41, 5.74) is -0.141. The van der Waals surface area contributed by atoms with E-state index in [0.717, 1.165) is 0 Å². The molecule has 2 aromatic rings. The maximum absolute atomic E-state index is 12.3. The van der Waals surface area contributed by atoms with E-state index in [-0.39, 0.29) is 28.7 Å². The largest absolute Gasteiger partial charge is 0.446 e. The van der Waals surface area contributed by atoms with Crippen LogP contribution in [0.1, 0.15) is 17.3 Å². The Morgan fingerprint density at radius 3 is 2.77 bits per heavy atom. The van der Waals surface area contributed by atoms with Gasteiger partial charge in [-0.2, -0.15) is 0 Å². The number of aryl methyl sites for hydroxylation is 1. The van der Waals surface area contributed by atoms with Gasteiger partial charge in [0.2, 0.25) is 5.75 Å². The number of hydrogen-bond donors (Lipinski definition) is 3. The number of H-pyrrole nitrogens is 1. The summed E-state index contributed by atoms with van der Waals surface area (Å²) in [4.78, 5) is 36.2. The van der Waals surface area contributed by atoms with Crippen molar-refractivity contribution >= 4 is 17.3 Å². The van der Waals surface area contributed by atoms with Crippen molar-refractivity contribution < 1.29 is 9.53 Å². The fourth-order valence-corrected chi connectivity index (χ4v) is 2.30. The number of fused-ring (bicyclic) bond motifs is 2. The van der Waals surface area contributed by atoms with E-state index in [1.54, 1.807) is 25.1 Å². The van der Waals surface area contributed by atoms with E-state index < -0.39 is 11.1 Å². The molecule has 3 rings (SSSR count). The molecule has 8 heteroatoms. The van der Waals surface area contributed by atoms with Crippen LogP contribution in [0.15, 0.2) is 27.8 Å². The van der Waals surface area contributed by atoms with Crippen molar-refractivity contribution in [2.24, 2.45) is 0 Å². The van der Waals surface area contributed by atoms with Gasteiger partial charge in [-0.1, -0.05) is 6.07 Å². The molecule has 1 amide bonds. The van der Waals surface area contributed by atoms with Gasteiger partial charge in [-0.25, -0.2) is 4.68 Å². The van der Waals surface area contributed by atoms with E-state index in [4.69, 9.17) is 4.74 Å². The second-order valence-corrected chi connectivity index (χ2v) is 4.68. The molecule has 0 radical (unpaired) electrons. The highest BCUT2D eigenvalue weighted by molar-refractivity contribution is 5.99. The van der Waals surface area contributed by atoms with Crippen LogP contribution in [0.25, 0.3) is 0 Å². The lowest BCUT2D eigenvalue weighted by molar-refractivity contribution is 0.0961. The van der Waals surface area contributed by atoms with Crippen LogP contribution in [0.2, 0.25) is 0 Å². The van der Waals surface area contributed by atoms with Crippen molar-refractivity contribution in [1.29, 1.82) is 0 Å². The molecule has 0 atom stereocenters. The highest BCUT2D eigenvalue weighted by Crippen LogP contribution is 2.40. The van der Waals surface area contributed by atoms with Gasteiger partial charge in [0.25, 0.3) is 11.5 Å². The molecular weight excluding hydrogens is 288 g/mol. The van der Waals surface area contributed by atoms with Crippen LogP contribution in [0.4, 0.5) is 11.4 Å². The van der Waals surface area contributed by atoms with E-state index >= 15 is 0 Å². The molecule has 0 unspecified atom stereocenters. The topological polar surface area (TPSA) is 105 Å². The van der Waals surface area contributed by atoms with Gasteiger partial charge in [0, 0.05) is 13.6 Å². The van der Waals surface area contributed by atoms with E-state index in [1.165, 1.54) is 11.7 Å². The number of anilines is 2. The number of para-hydroxylation sites is 1. The first-order valence-corrected chi connectivity index (χ1v) is 6.74. The highest BCUT2D eigenvalue weighted by Gasteiger charge is 2.27. The molecule has 1 aromatic heterocycles. The highest BCUT2D eigenvalue weighted by atomic mass is 16.5. The monoisotopic (exact) mass is 302 g/mol. The minimum atomic E-state index is -0.540. The Morgan fingerprint density at radius 2 is 2.09 bits per heavy atom. The summed E-state index contributed by atoms with van der Waals surface area (Å²) < 4.78 is 6.75. The van der Waals surface area contributed by atoms with Gasteiger partial charge in [0.1, 0.15) is 0 Å². The number of benzene rings is 1. The first kappa shape index (κ1) is 13.9. The Morgan fingerprint density at radius 1 is 1.32 bits per heavy atom. The van der Waals surface area contributed by atoms with Crippen LogP contribution in [0.3, 0.4) is 0 Å². The third-order valence-corrected chi connectivity index (χ3v) is 3.40. The molecule has 1 aliphatic rings. The number of ether oxygens (including phenoxy) is 1. The SMILES string of the molecule is CCn1[nH]c(=O)c2c(c1=O)Nc1cccc(C(=O)NC)c1O2. The average molecular weight is 302 g/mol. The van der Waals surface area contributed by atoms with Crippen molar-refractivity contribution in [3.05, 3.63) is 44.5 Å². The predicted molar refractivity (Wildman–Crippen MR) is 80.2 cm³/mol. The summed E-state index contributed by atoms with van der Waals surface area (Å²) in [7, 11) is 1.50. The molecule has 0 fully saturated rings. The second kappa shape index (κ2) is 5.06. The molecule has 22 heavy (non-hydrogen) atoms. The Hall–Kier alpha value is -3.03. The van der Waals surface area contributed by atoms with Crippen LogP contribution in [0.5, 0.6) is 11.5 Å². The number of aromatic nitrogens is 2. The van der Waals surface area contributed by atoms with Gasteiger partial charge in [0.05, 0.1) is 11.3 Å². The number of nitrogens with zero attached hydrogens (tertiary/aromatic N) is 1. The molecule has 8 nitrogen and oxygen atoms in total. The van der Waals surface area contributed by atoms with Crippen LogP contribution < -0.4 is 26.5 Å². The standard InChI is InChI=1S/C14H14N4O4/c1-3-18-14(21)9-11(13(20)17-18)22-10-7(12(19)15-2)5-4-6-8(10)16-9/h4-6,16H,3H2,1-2H3,(H,15,19)(H,17,20). The first-order valence-electron chi connectivity index (χ1n) is 6.74. The first-order chi connectivity index (χ1) is 10.6. The van der Waals surface area contributed by atoms with Crippen LogP contribution in [-0.2, 0) is 6.54 Å². The van der Waals surface area contributed by atoms with Crippen molar-refractivity contribution in [3.8, 4) is 11.5 Å². The Labute approximate surface area is 124 Å². The Kier molecular flexibility index (Phi) is 3.21. The van der Waals surface area contributed by atoms with E-state index in [1.807, 2.05) is 0 Å². The normalized spacial score (nSPS) is 11.7. The summed E-state index contributed by atoms with van der Waals surface area (Å²) in [6.45, 7) is 2.07. The molecular formula is C14H14N4O4. The van der Waals surface area contributed by atoms with Crippen LogP contribution >= 0.6 is 0 Å². The number of carbonyl (C=O) groups excluding carboxylic acids is 1. The number of nitrogens with one attached hydrogen (secondary N) is 3. The molecule has 0 aliphatic carbocycles. The zero-order valence-corrected chi connectivity index (χ0v) is 12.0. The molecule has 2 heterocycles. The molecule has 0 saturated heterocycles. The number of rotatable bonds is 2. The molecule has 114 valence electrons. The number of carbonyl (C=O) groups is 1. The van der Waals surface area contributed by atoms with Crippen LogP contribution in [0, 0.1) is 0 Å². The molecule has 1 aliphatic heterocycles. The summed E-state index contributed by atoms with van der Waals surface area (Å²) in [5, 5.41) is 7.82. The Bertz CT molecular complexity index is 881. The molecule has 0 saturated carbocycles. The lowest BCUT2D eigenvalue weighted by atomic mass is 10.1. The lowest BCUT2D eigenvalue weighted by Gasteiger charge is -2.22. The minimum absolute atomic E-state index is 0.0622. The molecule has 0 bridgehead atoms. The average Bonchev–Trinajstić information content (AvgIpc) is 2.55. The fraction of sp³-hybridized carbons (Fsp3) is 0.214. The predicted octanol–water partition coefficient (Wildman–Crippen LogP) is 0.765. The maximum atomic E-state index is 12.3. The molecule has 1 aromatic carbocycles. The summed E-state index contributed by atoms with van der Waals surface area (Å²) in [6, 6.07) is 4.91. The van der Waals surface area contributed by atoms with Crippen molar-refractivity contribution in [1.82, 2.24) is 15.1 Å². The van der Waals surface area contributed by atoms with E-state index in [9.17, 15) is 14.4 Å². The lowest BCUT2D eigenvalue weighted by Crippen LogP contribution is -2.33. The molecule has 3 N–H and O–H groups in total. The van der Waals surface area contributed by atoms with Gasteiger partial charge in [0.15, 0.2) is 11.4 Å². The third-order valence-electron chi connectivity index (χ3n) is 3.40.